The molecule has 4 nitrogen and oxygen atoms in total. The van der Waals surface area contributed by atoms with Crippen LogP contribution in [0.15, 0.2) is 0 Å². The fourth-order valence-corrected chi connectivity index (χ4v) is 0.367. The second-order valence-corrected chi connectivity index (χ2v) is 2.73. The van der Waals surface area contributed by atoms with Gasteiger partial charge < -0.3 is 19.5 Å². The van der Waals surface area contributed by atoms with Crippen molar-refractivity contribution in [2.75, 3.05) is 12.8 Å². The third-order valence-corrected chi connectivity index (χ3v) is 1.12. The maximum Gasteiger partial charge on any atom is 1.00 e. The van der Waals surface area contributed by atoms with Gasteiger partial charge in [-0.15, -0.1) is 0 Å². The van der Waals surface area contributed by atoms with Gasteiger partial charge in [0.1, 0.15) is 0 Å². The fraction of sp³-hybridized carbons (Fsp3) is 1.00. The summed E-state index contributed by atoms with van der Waals surface area (Å²) in [4.78, 5) is 19.1. The first kappa shape index (κ1) is 17.3. The fourth-order valence-electron chi connectivity index (χ4n) is 0.122. The molecule has 0 aliphatic heterocycles. The maximum absolute atomic E-state index is 9.54. The zero-order valence-corrected chi connectivity index (χ0v) is 10.4. The van der Waals surface area contributed by atoms with Crippen molar-refractivity contribution in [3.8, 4) is 0 Å². The molecule has 0 heterocycles. The quantitative estimate of drug-likeness (QED) is 0.329. The summed E-state index contributed by atoms with van der Waals surface area (Å²) in [6.07, 6.45) is -0.660. The van der Waals surface area contributed by atoms with E-state index in [0.717, 1.165) is 0 Å². The average molecular weight is 170 g/mol. The van der Waals surface area contributed by atoms with Crippen molar-refractivity contribution >= 4 is 7.60 Å². The summed E-state index contributed by atoms with van der Waals surface area (Å²) in [7, 11) is -4.42. The van der Waals surface area contributed by atoms with E-state index in [2.05, 4.69) is 0 Å². The average Bonchev–Trinajstić information content (AvgIpc) is 1.30. The zero-order valence-electron chi connectivity index (χ0n) is 5.53. The van der Waals surface area contributed by atoms with Gasteiger partial charge in [-0.3, -0.25) is 0 Å². The molecule has 0 aromatic rings. The molecule has 0 atom stereocenters. The molecule has 0 rings (SSSR count). The molecular formula is C2H5Na2O4P. The van der Waals surface area contributed by atoms with Crippen molar-refractivity contribution < 1.29 is 78.6 Å². The molecule has 0 fully saturated rings. The second-order valence-electron chi connectivity index (χ2n) is 1.06. The molecule has 0 aromatic carbocycles. The van der Waals surface area contributed by atoms with Crippen LogP contribution in [0.3, 0.4) is 0 Å². The van der Waals surface area contributed by atoms with Crippen LogP contribution in [0.4, 0.5) is 0 Å². The molecule has 0 aliphatic rings. The Morgan fingerprint density at radius 1 is 1.33 bits per heavy atom. The minimum absolute atomic E-state index is 0. The summed E-state index contributed by atoms with van der Waals surface area (Å²) >= 11 is 0. The summed E-state index contributed by atoms with van der Waals surface area (Å²) in [6.45, 7) is -0.579. The van der Waals surface area contributed by atoms with Crippen LogP contribution < -0.4 is 68.9 Å². The van der Waals surface area contributed by atoms with Gasteiger partial charge in [0.15, 0.2) is 0 Å². The van der Waals surface area contributed by atoms with Gasteiger partial charge in [-0.1, -0.05) is 7.60 Å². The Morgan fingerprint density at radius 2 is 1.67 bits per heavy atom. The first-order valence-electron chi connectivity index (χ1n) is 1.68. The van der Waals surface area contributed by atoms with Gasteiger partial charge >= 0.3 is 59.1 Å². The van der Waals surface area contributed by atoms with Crippen molar-refractivity contribution in [2.45, 2.75) is 0 Å². The summed E-state index contributed by atoms with van der Waals surface area (Å²) in [5.74, 6) is 0. The topological polar surface area (TPSA) is 83.4 Å². The van der Waals surface area contributed by atoms with Crippen LogP contribution in [-0.2, 0) is 4.57 Å². The SMILES string of the molecule is O=P([O-])([O-])CCO.[Na+].[Na+]. The molecule has 0 aliphatic carbocycles. The van der Waals surface area contributed by atoms with Crippen molar-refractivity contribution in [1.29, 1.82) is 0 Å². The number of hydrogen-bond donors (Lipinski definition) is 1. The van der Waals surface area contributed by atoms with Crippen molar-refractivity contribution in [3.05, 3.63) is 0 Å². The van der Waals surface area contributed by atoms with Gasteiger partial charge in [0.25, 0.3) is 0 Å². The van der Waals surface area contributed by atoms with Gasteiger partial charge in [-0.25, -0.2) is 0 Å². The summed E-state index contributed by atoms with van der Waals surface area (Å²) in [5.41, 5.74) is 0. The van der Waals surface area contributed by atoms with Crippen molar-refractivity contribution in [3.63, 3.8) is 0 Å². The molecule has 0 radical (unpaired) electrons. The predicted molar refractivity (Wildman–Crippen MR) is 19.6 cm³/mol. The summed E-state index contributed by atoms with van der Waals surface area (Å²) in [6, 6.07) is 0. The van der Waals surface area contributed by atoms with E-state index < -0.39 is 20.4 Å². The van der Waals surface area contributed by atoms with Crippen LogP contribution in [0.1, 0.15) is 0 Å². The third-order valence-electron chi connectivity index (χ3n) is 0.374. The summed E-state index contributed by atoms with van der Waals surface area (Å²) < 4.78 is 9.54. The van der Waals surface area contributed by atoms with Crippen LogP contribution in [-0.4, -0.2) is 17.9 Å². The van der Waals surface area contributed by atoms with E-state index in [1.165, 1.54) is 0 Å². The minimum atomic E-state index is -4.42. The number of rotatable bonds is 2. The molecule has 0 spiro atoms. The molecule has 0 unspecified atom stereocenters. The number of hydrogen-bond acceptors (Lipinski definition) is 4. The van der Waals surface area contributed by atoms with E-state index in [1.54, 1.807) is 0 Å². The molecular weight excluding hydrogens is 165 g/mol. The monoisotopic (exact) mass is 170 g/mol. The van der Waals surface area contributed by atoms with Crippen molar-refractivity contribution in [2.24, 2.45) is 0 Å². The van der Waals surface area contributed by atoms with E-state index in [4.69, 9.17) is 5.11 Å². The van der Waals surface area contributed by atoms with E-state index in [9.17, 15) is 14.4 Å². The van der Waals surface area contributed by atoms with Crippen molar-refractivity contribution in [1.82, 2.24) is 0 Å². The van der Waals surface area contributed by atoms with E-state index >= 15 is 0 Å². The Labute approximate surface area is 97.8 Å². The van der Waals surface area contributed by atoms with Crippen LogP contribution in [0.2, 0.25) is 0 Å². The van der Waals surface area contributed by atoms with Gasteiger partial charge in [-0.05, 0) is 6.16 Å². The molecule has 7 heteroatoms. The van der Waals surface area contributed by atoms with Crippen LogP contribution >= 0.6 is 7.60 Å². The van der Waals surface area contributed by atoms with Crippen LogP contribution in [0.25, 0.3) is 0 Å². The maximum atomic E-state index is 9.54. The normalized spacial score (nSPS) is 9.22. The Kier molecular flexibility index (Phi) is 15.7. The standard InChI is InChI=1S/C2H7O4P.2Na/c3-1-2-7(4,5)6;;/h3H,1-2H2,(H2,4,5,6);;/q;2*+1/p-2. The Balaban J connectivity index is -0.000000180. The van der Waals surface area contributed by atoms with E-state index in [1.807, 2.05) is 0 Å². The first-order chi connectivity index (χ1) is 3.06. The van der Waals surface area contributed by atoms with Crippen LogP contribution in [0.5, 0.6) is 0 Å². The van der Waals surface area contributed by atoms with Gasteiger partial charge in [-0.2, -0.15) is 0 Å². The number of aliphatic hydroxyl groups excluding tert-OH is 1. The molecule has 0 bridgehead atoms. The number of aliphatic hydroxyl groups is 1. The Morgan fingerprint density at radius 3 is 1.67 bits per heavy atom. The van der Waals surface area contributed by atoms with Gasteiger partial charge in [0.2, 0.25) is 0 Å². The van der Waals surface area contributed by atoms with Crippen LogP contribution in [0, 0.1) is 0 Å². The summed E-state index contributed by atoms with van der Waals surface area (Å²) in [5, 5.41) is 7.83. The van der Waals surface area contributed by atoms with E-state index in [-0.39, 0.29) is 59.1 Å². The second kappa shape index (κ2) is 8.21. The Bertz CT molecular complexity index is 90.6. The van der Waals surface area contributed by atoms with E-state index in [0.29, 0.717) is 0 Å². The van der Waals surface area contributed by atoms with Gasteiger partial charge in [0, 0.05) is 6.61 Å². The Hall–Kier alpha value is 2.11. The largest absolute Gasteiger partial charge is 1.00 e. The smallest absolute Gasteiger partial charge is 0.811 e. The molecule has 0 amide bonds. The molecule has 1 N–H and O–H groups in total. The molecule has 0 aromatic heterocycles. The molecule has 0 saturated heterocycles. The molecule has 44 valence electrons. The molecule has 9 heavy (non-hydrogen) atoms. The predicted octanol–water partition coefficient (Wildman–Crippen LogP) is -8.10. The minimum Gasteiger partial charge on any atom is -0.811 e. The third kappa shape index (κ3) is 17.8. The first-order valence-corrected chi connectivity index (χ1v) is 3.41. The zero-order chi connectivity index (χ0) is 5.91. The van der Waals surface area contributed by atoms with Gasteiger partial charge in [0.05, 0.1) is 0 Å². The molecule has 0 saturated carbocycles.